The molecular formula is C60H115NO5. The summed E-state index contributed by atoms with van der Waals surface area (Å²) in [6.07, 6.45) is 67.4. The van der Waals surface area contributed by atoms with Gasteiger partial charge in [-0.25, -0.2) is 0 Å². The van der Waals surface area contributed by atoms with Gasteiger partial charge in [-0.1, -0.05) is 263 Å². The van der Waals surface area contributed by atoms with Crippen LogP contribution in [0.15, 0.2) is 24.3 Å². The van der Waals surface area contributed by atoms with E-state index < -0.39 is 12.1 Å². The number of allylic oxidation sites excluding steroid dienone is 4. The van der Waals surface area contributed by atoms with Crippen LogP contribution in [0.3, 0.4) is 0 Å². The van der Waals surface area contributed by atoms with E-state index >= 15 is 0 Å². The molecule has 0 fully saturated rings. The summed E-state index contributed by atoms with van der Waals surface area (Å²) in [5, 5.41) is 23.3. The third-order valence-electron chi connectivity index (χ3n) is 13.7. The molecule has 6 heteroatoms. The van der Waals surface area contributed by atoms with E-state index in [2.05, 4.69) is 43.5 Å². The number of hydrogen-bond donors (Lipinski definition) is 3. The fraction of sp³-hybridized carbons (Fsp3) is 0.900. The molecule has 3 N–H and O–H groups in total. The number of rotatable bonds is 55. The molecule has 0 radical (unpaired) electrons. The minimum atomic E-state index is -0.669. The Labute approximate surface area is 411 Å². The third-order valence-corrected chi connectivity index (χ3v) is 13.7. The van der Waals surface area contributed by atoms with Gasteiger partial charge >= 0.3 is 5.97 Å². The smallest absolute Gasteiger partial charge is 0.305 e. The van der Waals surface area contributed by atoms with Crippen LogP contribution in [0.25, 0.3) is 0 Å². The van der Waals surface area contributed by atoms with Gasteiger partial charge in [0.2, 0.25) is 5.91 Å². The molecule has 0 rings (SSSR count). The van der Waals surface area contributed by atoms with Gasteiger partial charge in [0.1, 0.15) is 0 Å². The van der Waals surface area contributed by atoms with E-state index in [1.165, 1.54) is 244 Å². The summed E-state index contributed by atoms with van der Waals surface area (Å²) in [7, 11) is 0. The van der Waals surface area contributed by atoms with E-state index in [1.54, 1.807) is 0 Å². The van der Waals surface area contributed by atoms with E-state index in [0.29, 0.717) is 25.9 Å². The SMILES string of the molecule is CCCC/C=C\CCCCCCCC(=O)OCCCCCCCCCCCC/C=C\CCCCCCCCCC(=O)NC(CO)C(O)CCCCCCCCCCCCCCCCCCC. The number of unbranched alkanes of at least 4 members (excludes halogenated alkanes) is 40. The van der Waals surface area contributed by atoms with Gasteiger partial charge in [0.25, 0.3) is 0 Å². The number of nitrogens with one attached hydrogen (secondary N) is 1. The van der Waals surface area contributed by atoms with Crippen LogP contribution < -0.4 is 5.32 Å². The molecule has 0 saturated heterocycles. The van der Waals surface area contributed by atoms with Crippen LogP contribution in [0.5, 0.6) is 0 Å². The maximum atomic E-state index is 12.5. The Balaban J connectivity index is 3.43. The standard InChI is InChI=1S/C60H115NO5/c1-3-5-7-9-11-13-15-16-17-23-26-29-33-36-40-44-48-52-58(63)57(56-62)61-59(64)53-49-45-41-37-34-30-27-24-21-19-18-20-22-25-28-31-35-39-43-47-51-55-66-60(65)54-50-46-42-38-32-14-12-10-8-6-4-2/h10,12,19,21,57-58,62-63H,3-9,11,13-18,20,22-56H2,1-2H3,(H,61,64)/b12-10-,21-19-. The molecule has 0 saturated carbocycles. The van der Waals surface area contributed by atoms with Gasteiger partial charge in [0, 0.05) is 12.8 Å². The van der Waals surface area contributed by atoms with Crippen molar-refractivity contribution < 1.29 is 24.5 Å². The quantitative estimate of drug-likeness (QED) is 0.0321. The molecule has 0 aliphatic rings. The highest BCUT2D eigenvalue weighted by Crippen LogP contribution is 2.17. The van der Waals surface area contributed by atoms with Gasteiger partial charge in [-0.15, -0.1) is 0 Å². The molecule has 0 aliphatic carbocycles. The van der Waals surface area contributed by atoms with Crippen LogP contribution in [-0.2, 0) is 14.3 Å². The summed E-state index contributed by atoms with van der Waals surface area (Å²) in [6.45, 7) is 4.92. The molecule has 0 heterocycles. The molecular weight excluding hydrogens is 815 g/mol. The van der Waals surface area contributed by atoms with Gasteiger partial charge in [-0.2, -0.15) is 0 Å². The van der Waals surface area contributed by atoms with Gasteiger partial charge in [0.15, 0.2) is 0 Å². The second kappa shape index (κ2) is 55.9. The molecule has 1 amide bonds. The van der Waals surface area contributed by atoms with E-state index in [0.717, 1.165) is 44.9 Å². The first-order valence-corrected chi connectivity index (χ1v) is 29.6. The van der Waals surface area contributed by atoms with Gasteiger partial charge < -0.3 is 20.3 Å². The predicted molar refractivity (Wildman–Crippen MR) is 287 cm³/mol. The Morgan fingerprint density at radius 2 is 0.727 bits per heavy atom. The number of ether oxygens (including phenoxy) is 1. The highest BCUT2D eigenvalue weighted by molar-refractivity contribution is 5.76. The molecule has 390 valence electrons. The minimum absolute atomic E-state index is 0.00269. The third kappa shape index (κ3) is 51.7. The number of aliphatic hydroxyl groups is 2. The van der Waals surface area contributed by atoms with Crippen molar-refractivity contribution in [1.82, 2.24) is 5.32 Å². The predicted octanol–water partition coefficient (Wildman–Crippen LogP) is 18.2. The lowest BCUT2D eigenvalue weighted by Gasteiger charge is -2.22. The zero-order valence-corrected chi connectivity index (χ0v) is 44.4. The summed E-state index contributed by atoms with van der Waals surface area (Å²) in [5.74, 6) is -0.0435. The van der Waals surface area contributed by atoms with Crippen LogP contribution in [0.2, 0.25) is 0 Å². The van der Waals surface area contributed by atoms with Crippen molar-refractivity contribution in [2.45, 2.75) is 334 Å². The summed E-state index contributed by atoms with van der Waals surface area (Å²) >= 11 is 0. The Kier molecular flexibility index (Phi) is 54.5. The molecule has 2 atom stereocenters. The molecule has 0 bridgehead atoms. The lowest BCUT2D eigenvalue weighted by Crippen LogP contribution is -2.45. The first-order valence-electron chi connectivity index (χ1n) is 29.6. The summed E-state index contributed by atoms with van der Waals surface area (Å²) in [5.41, 5.74) is 0. The topological polar surface area (TPSA) is 95.9 Å². The van der Waals surface area contributed by atoms with Crippen molar-refractivity contribution in [2.75, 3.05) is 13.2 Å². The second-order valence-corrected chi connectivity index (χ2v) is 20.3. The van der Waals surface area contributed by atoms with Crippen molar-refractivity contribution in [3.05, 3.63) is 24.3 Å². The van der Waals surface area contributed by atoms with Crippen molar-refractivity contribution in [3.63, 3.8) is 0 Å². The molecule has 0 aliphatic heterocycles. The number of aliphatic hydroxyl groups excluding tert-OH is 2. The van der Waals surface area contributed by atoms with E-state index in [1.807, 2.05) is 0 Å². The van der Waals surface area contributed by atoms with Crippen molar-refractivity contribution in [2.24, 2.45) is 0 Å². The van der Waals surface area contributed by atoms with Crippen LogP contribution in [0.4, 0.5) is 0 Å². The number of hydrogen-bond acceptors (Lipinski definition) is 5. The van der Waals surface area contributed by atoms with Crippen LogP contribution in [0.1, 0.15) is 322 Å². The normalized spacial score (nSPS) is 12.7. The van der Waals surface area contributed by atoms with Crippen molar-refractivity contribution >= 4 is 11.9 Å². The molecule has 0 aromatic rings. The largest absolute Gasteiger partial charge is 0.466 e. The zero-order chi connectivity index (χ0) is 47.9. The molecule has 0 aromatic heterocycles. The number of carbonyl (C=O) groups excluding carboxylic acids is 2. The first-order chi connectivity index (χ1) is 32.5. The number of carbonyl (C=O) groups is 2. The van der Waals surface area contributed by atoms with E-state index in [4.69, 9.17) is 4.74 Å². The molecule has 0 aromatic carbocycles. The fourth-order valence-corrected chi connectivity index (χ4v) is 9.15. The average Bonchev–Trinajstić information content (AvgIpc) is 3.32. The van der Waals surface area contributed by atoms with Crippen LogP contribution >= 0.6 is 0 Å². The summed E-state index contributed by atoms with van der Waals surface area (Å²) in [6, 6.07) is -0.547. The second-order valence-electron chi connectivity index (χ2n) is 20.3. The fourth-order valence-electron chi connectivity index (χ4n) is 9.15. The Morgan fingerprint density at radius 3 is 1.12 bits per heavy atom. The molecule has 0 spiro atoms. The Bertz CT molecular complexity index is 1030. The Hall–Kier alpha value is -1.66. The first kappa shape index (κ1) is 64.3. The maximum Gasteiger partial charge on any atom is 0.305 e. The lowest BCUT2D eigenvalue weighted by atomic mass is 10.0. The van der Waals surface area contributed by atoms with Gasteiger partial charge in [-0.05, 0) is 70.6 Å². The van der Waals surface area contributed by atoms with Crippen molar-refractivity contribution in [3.8, 4) is 0 Å². The van der Waals surface area contributed by atoms with Crippen molar-refractivity contribution in [1.29, 1.82) is 0 Å². The minimum Gasteiger partial charge on any atom is -0.466 e. The zero-order valence-electron chi connectivity index (χ0n) is 44.4. The monoisotopic (exact) mass is 930 g/mol. The number of esters is 1. The van der Waals surface area contributed by atoms with Gasteiger partial charge in [-0.3, -0.25) is 9.59 Å². The van der Waals surface area contributed by atoms with Crippen LogP contribution in [-0.4, -0.2) is 47.4 Å². The molecule has 6 nitrogen and oxygen atoms in total. The molecule has 66 heavy (non-hydrogen) atoms. The molecule has 2 unspecified atom stereocenters. The van der Waals surface area contributed by atoms with E-state index in [-0.39, 0.29) is 18.5 Å². The summed E-state index contributed by atoms with van der Waals surface area (Å²) in [4.78, 5) is 24.5. The Morgan fingerprint density at radius 1 is 0.409 bits per heavy atom. The highest BCUT2D eigenvalue weighted by atomic mass is 16.5. The number of amides is 1. The average molecular weight is 931 g/mol. The highest BCUT2D eigenvalue weighted by Gasteiger charge is 2.20. The van der Waals surface area contributed by atoms with Crippen LogP contribution in [0, 0.1) is 0 Å². The van der Waals surface area contributed by atoms with Gasteiger partial charge in [0.05, 0.1) is 25.4 Å². The maximum absolute atomic E-state index is 12.5. The van der Waals surface area contributed by atoms with E-state index in [9.17, 15) is 19.8 Å². The lowest BCUT2D eigenvalue weighted by molar-refractivity contribution is -0.143. The summed E-state index contributed by atoms with van der Waals surface area (Å²) < 4.78 is 5.45.